The topological polar surface area (TPSA) is 48.5 Å². The molecular weight excluding hydrogens is 324 g/mol. The maximum Gasteiger partial charge on any atom is 0.252 e. The molecule has 0 saturated carbocycles. The number of piperazine rings is 1. The van der Waals surface area contributed by atoms with E-state index in [0.717, 1.165) is 51.3 Å². The molecule has 1 amide bonds. The second-order valence-corrected chi connectivity index (χ2v) is 6.70. The number of likely N-dealkylation sites (N-methyl/N-ethyl adjacent to an activating group) is 1. The van der Waals surface area contributed by atoms with Crippen LogP contribution in [0.3, 0.4) is 0 Å². The summed E-state index contributed by atoms with van der Waals surface area (Å²) in [6.07, 6.45) is 5.41. The zero-order chi connectivity index (χ0) is 18.2. The van der Waals surface area contributed by atoms with E-state index in [1.165, 1.54) is 5.56 Å². The van der Waals surface area contributed by atoms with Crippen molar-refractivity contribution in [1.82, 2.24) is 15.2 Å². The third kappa shape index (κ3) is 5.05. The monoisotopic (exact) mass is 352 g/mol. The average Bonchev–Trinajstić information content (AvgIpc) is 2.72. The molecule has 5 nitrogen and oxygen atoms in total. The molecule has 2 aromatic rings. The molecule has 1 aromatic carbocycles. The molecule has 0 bridgehead atoms. The highest BCUT2D eigenvalue weighted by Crippen LogP contribution is 2.16. The predicted molar refractivity (Wildman–Crippen MR) is 106 cm³/mol. The largest absolute Gasteiger partial charge is 0.368 e. The second-order valence-electron chi connectivity index (χ2n) is 6.70. The van der Waals surface area contributed by atoms with Crippen LogP contribution in [0.25, 0.3) is 0 Å². The lowest BCUT2D eigenvalue weighted by atomic mass is 10.1. The molecule has 1 aliphatic heterocycles. The minimum Gasteiger partial charge on any atom is -0.368 e. The van der Waals surface area contributed by atoms with Gasteiger partial charge in [-0.25, -0.2) is 0 Å². The molecule has 3 rings (SSSR count). The van der Waals surface area contributed by atoms with E-state index in [1.54, 1.807) is 6.20 Å². The molecule has 1 N–H and O–H groups in total. The number of hydrogen-bond donors (Lipinski definition) is 1. The Balaban J connectivity index is 1.48. The van der Waals surface area contributed by atoms with Crippen molar-refractivity contribution in [2.75, 3.05) is 44.2 Å². The Kier molecular flexibility index (Phi) is 6.61. The number of nitrogens with one attached hydrogen (secondary N) is 1. The van der Waals surface area contributed by atoms with E-state index >= 15 is 0 Å². The molecule has 1 saturated heterocycles. The van der Waals surface area contributed by atoms with E-state index in [2.05, 4.69) is 39.2 Å². The highest BCUT2D eigenvalue weighted by atomic mass is 16.1. The summed E-state index contributed by atoms with van der Waals surface area (Å²) in [6, 6.07) is 12.3. The summed E-state index contributed by atoms with van der Waals surface area (Å²) in [4.78, 5) is 21.4. The standard InChI is InChI=1S/C21H28N4O/c1-2-24-11-13-25(14-12-24)20-15-19(16-22-17-20)21(26)23-10-6-9-18-7-4-3-5-8-18/h3-5,7-8,15-17H,2,6,9-14H2,1H3,(H,23,26). The minimum absolute atomic E-state index is 0.0420. The average molecular weight is 352 g/mol. The van der Waals surface area contributed by atoms with Crippen molar-refractivity contribution in [3.05, 3.63) is 59.9 Å². The Morgan fingerprint density at radius 3 is 2.62 bits per heavy atom. The molecule has 1 aliphatic rings. The third-order valence-corrected chi connectivity index (χ3v) is 4.94. The SMILES string of the molecule is CCN1CCN(c2cncc(C(=O)NCCCc3ccccc3)c2)CC1. The first-order valence-electron chi connectivity index (χ1n) is 9.50. The summed E-state index contributed by atoms with van der Waals surface area (Å²) in [7, 11) is 0. The number of nitrogens with zero attached hydrogens (tertiary/aromatic N) is 3. The number of carbonyl (C=O) groups is 1. The number of amides is 1. The predicted octanol–water partition coefficient (Wildman–Crippen LogP) is 2.59. The van der Waals surface area contributed by atoms with Crippen molar-refractivity contribution in [2.24, 2.45) is 0 Å². The maximum atomic E-state index is 12.4. The van der Waals surface area contributed by atoms with Crippen LogP contribution >= 0.6 is 0 Å². The smallest absolute Gasteiger partial charge is 0.252 e. The van der Waals surface area contributed by atoms with Crippen LogP contribution in [-0.2, 0) is 6.42 Å². The van der Waals surface area contributed by atoms with Gasteiger partial charge in [0.15, 0.2) is 0 Å². The van der Waals surface area contributed by atoms with Gasteiger partial charge in [-0.3, -0.25) is 9.78 Å². The molecule has 138 valence electrons. The molecule has 0 aliphatic carbocycles. The quantitative estimate of drug-likeness (QED) is 0.778. The number of pyridine rings is 1. The van der Waals surface area contributed by atoms with E-state index in [1.807, 2.05) is 30.5 Å². The highest BCUT2D eigenvalue weighted by molar-refractivity contribution is 5.94. The van der Waals surface area contributed by atoms with Gasteiger partial charge in [0, 0.05) is 38.9 Å². The van der Waals surface area contributed by atoms with Gasteiger partial charge in [-0.05, 0) is 31.0 Å². The third-order valence-electron chi connectivity index (χ3n) is 4.94. The van der Waals surface area contributed by atoms with Crippen LogP contribution in [0.1, 0.15) is 29.3 Å². The van der Waals surface area contributed by atoms with Gasteiger partial charge in [-0.15, -0.1) is 0 Å². The first-order chi connectivity index (χ1) is 12.8. The molecule has 1 fully saturated rings. The van der Waals surface area contributed by atoms with Gasteiger partial charge >= 0.3 is 0 Å². The fourth-order valence-corrected chi connectivity index (χ4v) is 3.29. The van der Waals surface area contributed by atoms with Gasteiger partial charge in [-0.1, -0.05) is 37.3 Å². The summed E-state index contributed by atoms with van der Waals surface area (Å²) in [6.45, 7) is 8.05. The molecule has 0 spiro atoms. The summed E-state index contributed by atoms with van der Waals surface area (Å²) >= 11 is 0. The van der Waals surface area contributed by atoms with Crippen LogP contribution in [0.15, 0.2) is 48.8 Å². The Bertz CT molecular complexity index is 696. The normalized spacial score (nSPS) is 15.0. The summed E-state index contributed by atoms with van der Waals surface area (Å²) in [5.41, 5.74) is 2.98. The van der Waals surface area contributed by atoms with Crippen LogP contribution in [0.5, 0.6) is 0 Å². The summed E-state index contributed by atoms with van der Waals surface area (Å²) in [5.74, 6) is -0.0420. The van der Waals surface area contributed by atoms with Gasteiger partial charge < -0.3 is 15.1 Å². The molecule has 2 heterocycles. The highest BCUT2D eigenvalue weighted by Gasteiger charge is 2.17. The molecular formula is C21H28N4O. The van der Waals surface area contributed by atoms with Gasteiger partial charge in [0.25, 0.3) is 5.91 Å². The van der Waals surface area contributed by atoms with Crippen molar-refractivity contribution < 1.29 is 4.79 Å². The van der Waals surface area contributed by atoms with Gasteiger partial charge in [0.1, 0.15) is 0 Å². The van der Waals surface area contributed by atoms with Gasteiger partial charge in [0.05, 0.1) is 17.4 Å². The first-order valence-corrected chi connectivity index (χ1v) is 9.50. The Labute approximate surface area is 156 Å². The van der Waals surface area contributed by atoms with Crippen molar-refractivity contribution >= 4 is 11.6 Å². The lowest BCUT2D eigenvalue weighted by Gasteiger charge is -2.35. The molecule has 26 heavy (non-hydrogen) atoms. The first kappa shape index (κ1) is 18.4. The number of hydrogen-bond acceptors (Lipinski definition) is 4. The number of aryl methyl sites for hydroxylation is 1. The van der Waals surface area contributed by atoms with Crippen LogP contribution in [0, 0.1) is 0 Å². The number of carbonyl (C=O) groups excluding carboxylic acids is 1. The van der Waals surface area contributed by atoms with Crippen molar-refractivity contribution in [2.45, 2.75) is 19.8 Å². The molecule has 0 atom stereocenters. The zero-order valence-corrected chi connectivity index (χ0v) is 15.5. The van der Waals surface area contributed by atoms with Crippen LogP contribution < -0.4 is 10.2 Å². The maximum absolute atomic E-state index is 12.4. The van der Waals surface area contributed by atoms with E-state index in [4.69, 9.17) is 0 Å². The Morgan fingerprint density at radius 1 is 1.12 bits per heavy atom. The fraction of sp³-hybridized carbons (Fsp3) is 0.429. The van der Waals surface area contributed by atoms with E-state index in [0.29, 0.717) is 12.1 Å². The van der Waals surface area contributed by atoms with Crippen molar-refractivity contribution in [1.29, 1.82) is 0 Å². The fourth-order valence-electron chi connectivity index (χ4n) is 3.29. The Hall–Kier alpha value is -2.40. The van der Waals surface area contributed by atoms with Gasteiger partial charge in [-0.2, -0.15) is 0 Å². The van der Waals surface area contributed by atoms with Crippen LogP contribution in [0.2, 0.25) is 0 Å². The van der Waals surface area contributed by atoms with Crippen molar-refractivity contribution in [3.63, 3.8) is 0 Å². The molecule has 5 heteroatoms. The summed E-state index contributed by atoms with van der Waals surface area (Å²) in [5, 5.41) is 3.01. The number of anilines is 1. The van der Waals surface area contributed by atoms with E-state index in [9.17, 15) is 4.79 Å². The second kappa shape index (κ2) is 9.34. The molecule has 0 unspecified atom stereocenters. The van der Waals surface area contributed by atoms with Gasteiger partial charge in [0.2, 0.25) is 0 Å². The minimum atomic E-state index is -0.0420. The van der Waals surface area contributed by atoms with E-state index in [-0.39, 0.29) is 5.91 Å². The Morgan fingerprint density at radius 2 is 1.88 bits per heavy atom. The van der Waals surface area contributed by atoms with Crippen LogP contribution in [-0.4, -0.2) is 55.1 Å². The molecule has 1 aromatic heterocycles. The number of rotatable bonds is 7. The number of aromatic nitrogens is 1. The van der Waals surface area contributed by atoms with Crippen LogP contribution in [0.4, 0.5) is 5.69 Å². The molecule has 0 radical (unpaired) electrons. The summed E-state index contributed by atoms with van der Waals surface area (Å²) < 4.78 is 0. The van der Waals surface area contributed by atoms with E-state index < -0.39 is 0 Å². The van der Waals surface area contributed by atoms with Crippen molar-refractivity contribution in [3.8, 4) is 0 Å². The lowest BCUT2D eigenvalue weighted by molar-refractivity contribution is 0.0953. The zero-order valence-electron chi connectivity index (χ0n) is 15.5. The number of benzene rings is 1. The lowest BCUT2D eigenvalue weighted by Crippen LogP contribution is -2.46.